The van der Waals surface area contributed by atoms with Gasteiger partial charge < -0.3 is 0 Å². The van der Waals surface area contributed by atoms with Gasteiger partial charge in [-0.2, -0.15) is 0 Å². The highest BCUT2D eigenvalue weighted by Crippen LogP contribution is 2.13. The topological polar surface area (TPSA) is 34.1 Å². The van der Waals surface area contributed by atoms with Crippen LogP contribution in [0.2, 0.25) is 0 Å². The number of ketones is 2. The lowest BCUT2D eigenvalue weighted by molar-refractivity contribution is 0.102. The van der Waals surface area contributed by atoms with Crippen LogP contribution in [0.4, 0.5) is 0 Å². The summed E-state index contributed by atoms with van der Waals surface area (Å²) in [6.45, 7) is 4.45. The molecule has 0 fully saturated rings. The zero-order chi connectivity index (χ0) is 23.0. The van der Waals surface area contributed by atoms with Gasteiger partial charge in [-0.25, -0.2) is 0 Å². The fraction of sp³-hybridized carbons (Fsp3) is 0.467. The molecular weight excluding hydrogens is 392 g/mol. The van der Waals surface area contributed by atoms with Gasteiger partial charge in [0.2, 0.25) is 0 Å². The van der Waals surface area contributed by atoms with Crippen molar-refractivity contribution in [1.29, 1.82) is 0 Å². The minimum Gasteiger partial charge on any atom is -0.289 e. The van der Waals surface area contributed by atoms with Crippen LogP contribution >= 0.6 is 0 Å². The summed E-state index contributed by atoms with van der Waals surface area (Å²) >= 11 is 0. The average Bonchev–Trinajstić information content (AvgIpc) is 2.83. The van der Waals surface area contributed by atoms with Crippen LogP contribution in [0.15, 0.2) is 60.7 Å². The highest BCUT2D eigenvalue weighted by atomic mass is 16.1. The van der Waals surface area contributed by atoms with Crippen LogP contribution in [-0.4, -0.2) is 11.6 Å². The highest BCUT2D eigenvalue weighted by molar-refractivity contribution is 6.11. The van der Waals surface area contributed by atoms with E-state index < -0.39 is 0 Å². The minimum atomic E-state index is -0.128. The van der Waals surface area contributed by atoms with Crippen molar-refractivity contribution in [1.82, 2.24) is 0 Å². The number of allylic oxidation sites excluding steroid dienone is 2. The SMILES string of the molecule is CCCCCCCc1ccc(C(=O)C=CC(=O)c2ccc(CCCCCCC)cc2)cc1. The summed E-state index contributed by atoms with van der Waals surface area (Å²) in [5.41, 5.74) is 3.79. The van der Waals surface area contributed by atoms with Gasteiger partial charge in [-0.05, 0) is 49.0 Å². The van der Waals surface area contributed by atoms with Crippen LogP contribution < -0.4 is 0 Å². The lowest BCUT2D eigenvalue weighted by atomic mass is 10.0. The van der Waals surface area contributed by atoms with Gasteiger partial charge in [0, 0.05) is 11.1 Å². The number of hydrogen-bond acceptors (Lipinski definition) is 2. The van der Waals surface area contributed by atoms with Gasteiger partial charge in [-0.15, -0.1) is 0 Å². The van der Waals surface area contributed by atoms with Gasteiger partial charge in [0.25, 0.3) is 0 Å². The Bertz CT molecular complexity index is 757. The maximum Gasteiger partial charge on any atom is 0.185 e. The molecule has 0 saturated heterocycles. The summed E-state index contributed by atoms with van der Waals surface area (Å²) in [7, 11) is 0. The minimum absolute atomic E-state index is 0.128. The number of unbranched alkanes of at least 4 members (excludes halogenated alkanes) is 8. The zero-order valence-electron chi connectivity index (χ0n) is 20.1. The molecule has 0 N–H and O–H groups in total. The molecule has 2 heteroatoms. The van der Waals surface area contributed by atoms with E-state index in [9.17, 15) is 9.59 Å². The van der Waals surface area contributed by atoms with E-state index in [0.717, 1.165) is 12.8 Å². The van der Waals surface area contributed by atoms with E-state index in [2.05, 4.69) is 13.8 Å². The van der Waals surface area contributed by atoms with Gasteiger partial charge in [0.15, 0.2) is 11.6 Å². The van der Waals surface area contributed by atoms with E-state index in [1.165, 1.54) is 87.5 Å². The Kier molecular flexibility index (Phi) is 12.4. The number of rotatable bonds is 16. The van der Waals surface area contributed by atoms with Crippen molar-refractivity contribution in [3.63, 3.8) is 0 Å². The first-order valence-electron chi connectivity index (χ1n) is 12.6. The molecule has 0 heterocycles. The summed E-state index contributed by atoms with van der Waals surface area (Å²) in [6.07, 6.45) is 17.5. The largest absolute Gasteiger partial charge is 0.289 e. The molecule has 0 aliphatic rings. The second-order valence-corrected chi connectivity index (χ2v) is 8.78. The average molecular weight is 433 g/mol. The van der Waals surface area contributed by atoms with Gasteiger partial charge in [0.1, 0.15) is 0 Å². The van der Waals surface area contributed by atoms with E-state index >= 15 is 0 Å². The highest BCUT2D eigenvalue weighted by Gasteiger charge is 2.06. The third kappa shape index (κ3) is 9.77. The van der Waals surface area contributed by atoms with Crippen LogP contribution in [0.3, 0.4) is 0 Å². The summed E-state index contributed by atoms with van der Waals surface area (Å²) < 4.78 is 0. The predicted octanol–water partition coefficient (Wildman–Crippen LogP) is 8.33. The van der Waals surface area contributed by atoms with E-state index in [1.807, 2.05) is 48.5 Å². The third-order valence-corrected chi connectivity index (χ3v) is 6.00. The maximum absolute atomic E-state index is 12.4. The molecule has 0 atom stereocenters. The van der Waals surface area contributed by atoms with Crippen molar-refractivity contribution in [3.8, 4) is 0 Å². The molecule has 2 nitrogen and oxygen atoms in total. The molecule has 2 aromatic rings. The van der Waals surface area contributed by atoms with Crippen LogP contribution in [0.5, 0.6) is 0 Å². The molecule has 0 bridgehead atoms. The Labute approximate surface area is 195 Å². The maximum atomic E-state index is 12.4. The Morgan fingerprint density at radius 3 is 1.22 bits per heavy atom. The molecule has 172 valence electrons. The molecule has 0 saturated carbocycles. The second-order valence-electron chi connectivity index (χ2n) is 8.78. The first-order valence-corrected chi connectivity index (χ1v) is 12.6. The monoisotopic (exact) mass is 432 g/mol. The number of carbonyl (C=O) groups excluding carboxylic acids is 2. The normalized spacial score (nSPS) is 11.2. The smallest absolute Gasteiger partial charge is 0.185 e. The summed E-state index contributed by atoms with van der Waals surface area (Å²) in [5, 5.41) is 0. The zero-order valence-corrected chi connectivity index (χ0v) is 20.1. The molecule has 0 aliphatic heterocycles. The molecule has 0 unspecified atom stereocenters. The van der Waals surface area contributed by atoms with Crippen molar-refractivity contribution < 1.29 is 9.59 Å². The number of aryl methyl sites for hydroxylation is 2. The van der Waals surface area contributed by atoms with Gasteiger partial charge in [0.05, 0.1) is 0 Å². The number of carbonyl (C=O) groups is 2. The van der Waals surface area contributed by atoms with Gasteiger partial charge in [-0.1, -0.05) is 114 Å². The Hall–Kier alpha value is -2.48. The Balaban J connectivity index is 1.79. The van der Waals surface area contributed by atoms with E-state index in [-0.39, 0.29) is 11.6 Å². The van der Waals surface area contributed by atoms with Gasteiger partial charge in [-0.3, -0.25) is 9.59 Å². The van der Waals surface area contributed by atoms with Crippen molar-refractivity contribution >= 4 is 11.6 Å². The van der Waals surface area contributed by atoms with Crippen molar-refractivity contribution in [2.75, 3.05) is 0 Å². The lowest BCUT2D eigenvalue weighted by Gasteiger charge is -2.03. The molecule has 0 aliphatic carbocycles. The Morgan fingerprint density at radius 2 is 0.875 bits per heavy atom. The molecule has 0 radical (unpaired) electrons. The van der Waals surface area contributed by atoms with Crippen LogP contribution in [0.25, 0.3) is 0 Å². The summed E-state index contributed by atoms with van der Waals surface area (Å²) in [5.74, 6) is -0.256. The number of benzene rings is 2. The molecule has 0 amide bonds. The summed E-state index contributed by atoms with van der Waals surface area (Å²) in [4.78, 5) is 24.9. The predicted molar refractivity (Wildman–Crippen MR) is 136 cm³/mol. The first-order chi connectivity index (χ1) is 15.6. The van der Waals surface area contributed by atoms with Crippen LogP contribution in [-0.2, 0) is 12.8 Å². The van der Waals surface area contributed by atoms with E-state index in [0.29, 0.717) is 11.1 Å². The fourth-order valence-corrected chi connectivity index (χ4v) is 3.88. The molecular formula is C30H40O2. The molecule has 0 aromatic heterocycles. The van der Waals surface area contributed by atoms with Crippen LogP contribution in [0.1, 0.15) is 110 Å². The van der Waals surface area contributed by atoms with Crippen molar-refractivity contribution in [2.24, 2.45) is 0 Å². The fourth-order valence-electron chi connectivity index (χ4n) is 3.88. The van der Waals surface area contributed by atoms with E-state index in [1.54, 1.807) is 0 Å². The third-order valence-electron chi connectivity index (χ3n) is 6.00. The summed E-state index contributed by atoms with van der Waals surface area (Å²) in [6, 6.07) is 15.6. The quantitative estimate of drug-likeness (QED) is 0.152. The standard InChI is InChI=1S/C30H40O2/c1-3-5-7-9-11-13-25-15-19-27(20-16-25)29(31)23-24-30(32)28-21-17-26(18-22-28)14-12-10-8-6-4-2/h15-24H,3-14H2,1-2H3. The van der Waals surface area contributed by atoms with Crippen molar-refractivity contribution in [3.05, 3.63) is 82.9 Å². The van der Waals surface area contributed by atoms with Gasteiger partial charge >= 0.3 is 0 Å². The van der Waals surface area contributed by atoms with Crippen LogP contribution in [0, 0.1) is 0 Å². The number of hydrogen-bond donors (Lipinski definition) is 0. The van der Waals surface area contributed by atoms with Crippen molar-refractivity contribution in [2.45, 2.75) is 90.9 Å². The second kappa shape index (κ2) is 15.3. The molecule has 0 spiro atoms. The molecule has 2 aromatic carbocycles. The molecule has 2 rings (SSSR count). The van der Waals surface area contributed by atoms with E-state index in [4.69, 9.17) is 0 Å². The Morgan fingerprint density at radius 1 is 0.531 bits per heavy atom. The molecule has 32 heavy (non-hydrogen) atoms. The first kappa shape index (κ1) is 25.8. The lowest BCUT2D eigenvalue weighted by Crippen LogP contribution is -1.99.